The van der Waals surface area contributed by atoms with Gasteiger partial charge in [-0.15, -0.1) is 0 Å². The highest BCUT2D eigenvalue weighted by Gasteiger charge is 2.18. The minimum atomic E-state index is -0.842. The maximum absolute atomic E-state index is 12.5. The van der Waals surface area contributed by atoms with E-state index in [-0.39, 0.29) is 18.5 Å². The zero-order chi connectivity index (χ0) is 52.9. The van der Waals surface area contributed by atoms with Gasteiger partial charge in [-0.2, -0.15) is 0 Å². The second-order valence-electron chi connectivity index (χ2n) is 22.8. The van der Waals surface area contributed by atoms with Crippen molar-refractivity contribution in [3.8, 4) is 0 Å². The normalized spacial score (nSPS) is 12.7. The van der Waals surface area contributed by atoms with E-state index in [9.17, 15) is 19.8 Å². The van der Waals surface area contributed by atoms with Crippen molar-refractivity contribution in [2.45, 2.75) is 379 Å². The standard InChI is InChI=1S/C67H129NO5/c1-3-5-7-9-11-13-15-17-18-30-33-36-39-43-47-51-55-59-65(70)64(63-69)68-66(71)60-56-52-48-44-40-37-34-31-28-26-24-22-20-19-21-23-25-27-29-32-35-38-42-46-50-54-58-62-73-67(72)61-57-53-49-45-41-16-14-12-10-8-6-4-2/h12,14,55,59,64-65,69-70H,3-11,13,15-54,56-58,60-63H2,1-2H3,(H,68,71)/b14-12-,59-55+. The van der Waals surface area contributed by atoms with Crippen molar-refractivity contribution >= 4 is 11.9 Å². The van der Waals surface area contributed by atoms with Gasteiger partial charge in [0.2, 0.25) is 5.91 Å². The lowest BCUT2D eigenvalue weighted by Gasteiger charge is -2.20. The second-order valence-corrected chi connectivity index (χ2v) is 22.8. The third kappa shape index (κ3) is 59.4. The summed E-state index contributed by atoms with van der Waals surface area (Å²) < 4.78 is 5.47. The van der Waals surface area contributed by atoms with E-state index in [1.807, 2.05) is 6.08 Å². The van der Waals surface area contributed by atoms with Crippen LogP contribution in [0.15, 0.2) is 24.3 Å². The number of hydrogen-bond donors (Lipinski definition) is 3. The molecule has 73 heavy (non-hydrogen) atoms. The number of aliphatic hydroxyl groups excluding tert-OH is 2. The van der Waals surface area contributed by atoms with Crippen molar-refractivity contribution < 1.29 is 24.5 Å². The minimum absolute atomic E-state index is 0.00794. The molecule has 0 aliphatic heterocycles. The van der Waals surface area contributed by atoms with Gasteiger partial charge in [-0.05, 0) is 57.8 Å². The molecule has 0 saturated carbocycles. The number of carbonyl (C=O) groups is 2. The highest BCUT2D eigenvalue weighted by atomic mass is 16.5. The Hall–Kier alpha value is -1.66. The van der Waals surface area contributed by atoms with E-state index in [2.05, 4.69) is 31.3 Å². The van der Waals surface area contributed by atoms with Crippen LogP contribution in [-0.4, -0.2) is 47.4 Å². The van der Waals surface area contributed by atoms with Crippen LogP contribution in [0.1, 0.15) is 367 Å². The Balaban J connectivity index is 3.37. The molecular formula is C67H129NO5. The molecule has 0 aliphatic rings. The highest BCUT2D eigenvalue weighted by Crippen LogP contribution is 2.18. The van der Waals surface area contributed by atoms with E-state index in [1.165, 1.54) is 295 Å². The predicted octanol–water partition coefficient (Wildman–Crippen LogP) is 21.0. The Kier molecular flexibility index (Phi) is 61.4. The fraction of sp³-hybridized carbons (Fsp3) is 0.910. The van der Waals surface area contributed by atoms with E-state index in [4.69, 9.17) is 4.74 Å². The van der Waals surface area contributed by atoms with E-state index in [0.717, 1.165) is 44.9 Å². The van der Waals surface area contributed by atoms with Gasteiger partial charge in [0.25, 0.3) is 0 Å². The van der Waals surface area contributed by atoms with Crippen molar-refractivity contribution in [1.29, 1.82) is 0 Å². The van der Waals surface area contributed by atoms with Crippen LogP contribution in [0.5, 0.6) is 0 Å². The van der Waals surface area contributed by atoms with Crippen LogP contribution in [0, 0.1) is 0 Å². The first-order valence-electron chi connectivity index (χ1n) is 33.1. The summed E-state index contributed by atoms with van der Waals surface area (Å²) in [5.41, 5.74) is 0. The van der Waals surface area contributed by atoms with Crippen LogP contribution in [-0.2, 0) is 14.3 Å². The number of esters is 1. The largest absolute Gasteiger partial charge is 0.466 e. The zero-order valence-electron chi connectivity index (χ0n) is 49.4. The van der Waals surface area contributed by atoms with Gasteiger partial charge in [0, 0.05) is 12.8 Å². The first-order valence-corrected chi connectivity index (χ1v) is 33.1. The summed E-state index contributed by atoms with van der Waals surface area (Å²) in [7, 11) is 0. The molecular weight excluding hydrogens is 899 g/mol. The summed E-state index contributed by atoms with van der Waals surface area (Å²) in [6, 6.07) is -0.625. The number of allylic oxidation sites excluding steroid dienone is 3. The van der Waals surface area contributed by atoms with Gasteiger partial charge in [-0.1, -0.05) is 321 Å². The van der Waals surface area contributed by atoms with Crippen LogP contribution >= 0.6 is 0 Å². The first kappa shape index (κ1) is 71.3. The number of rotatable bonds is 62. The van der Waals surface area contributed by atoms with Gasteiger partial charge < -0.3 is 20.3 Å². The molecule has 0 aliphatic carbocycles. The van der Waals surface area contributed by atoms with E-state index >= 15 is 0 Å². The predicted molar refractivity (Wildman–Crippen MR) is 320 cm³/mol. The molecule has 0 bridgehead atoms. The fourth-order valence-electron chi connectivity index (χ4n) is 10.4. The number of nitrogens with one attached hydrogen (secondary N) is 1. The maximum Gasteiger partial charge on any atom is 0.305 e. The molecule has 0 aromatic carbocycles. The molecule has 0 fully saturated rings. The quantitative estimate of drug-likeness (QED) is 0.0320. The number of hydrogen-bond acceptors (Lipinski definition) is 5. The van der Waals surface area contributed by atoms with Crippen molar-refractivity contribution in [3.05, 3.63) is 24.3 Å². The Labute approximate surface area is 456 Å². The molecule has 0 saturated heterocycles. The van der Waals surface area contributed by atoms with Crippen LogP contribution in [0.25, 0.3) is 0 Å². The average Bonchev–Trinajstić information content (AvgIpc) is 3.39. The van der Waals surface area contributed by atoms with Gasteiger partial charge in [-0.3, -0.25) is 9.59 Å². The van der Waals surface area contributed by atoms with Crippen molar-refractivity contribution in [2.24, 2.45) is 0 Å². The number of aliphatic hydroxyl groups is 2. The summed E-state index contributed by atoms with van der Waals surface area (Å²) in [6.07, 6.45) is 78.1. The molecule has 0 radical (unpaired) electrons. The lowest BCUT2D eigenvalue weighted by Crippen LogP contribution is -2.45. The molecule has 6 heteroatoms. The van der Waals surface area contributed by atoms with Crippen molar-refractivity contribution in [2.75, 3.05) is 13.2 Å². The van der Waals surface area contributed by atoms with Gasteiger partial charge in [0.15, 0.2) is 0 Å². The summed E-state index contributed by atoms with van der Waals surface area (Å²) in [5.74, 6) is -0.0546. The van der Waals surface area contributed by atoms with Crippen LogP contribution < -0.4 is 5.32 Å². The van der Waals surface area contributed by atoms with Crippen molar-refractivity contribution in [3.63, 3.8) is 0 Å². The van der Waals surface area contributed by atoms with E-state index < -0.39 is 12.1 Å². The molecule has 0 heterocycles. The minimum Gasteiger partial charge on any atom is -0.466 e. The van der Waals surface area contributed by atoms with Crippen LogP contribution in [0.3, 0.4) is 0 Å². The number of unbranched alkanes of at least 4 members (excludes halogenated alkanes) is 49. The molecule has 1 amide bonds. The van der Waals surface area contributed by atoms with Crippen molar-refractivity contribution in [1.82, 2.24) is 5.32 Å². The first-order chi connectivity index (χ1) is 36.0. The van der Waals surface area contributed by atoms with Gasteiger partial charge in [-0.25, -0.2) is 0 Å². The Bertz CT molecular complexity index is 1140. The summed E-state index contributed by atoms with van der Waals surface area (Å²) in [5, 5.41) is 23.2. The molecule has 0 rings (SSSR count). The smallest absolute Gasteiger partial charge is 0.305 e. The van der Waals surface area contributed by atoms with E-state index in [0.29, 0.717) is 19.4 Å². The summed E-state index contributed by atoms with van der Waals surface area (Å²) in [4.78, 5) is 24.5. The average molecular weight is 1030 g/mol. The Morgan fingerprint density at radius 3 is 1.00 bits per heavy atom. The molecule has 6 nitrogen and oxygen atoms in total. The van der Waals surface area contributed by atoms with Gasteiger partial charge in [0.1, 0.15) is 0 Å². The molecule has 2 unspecified atom stereocenters. The number of amides is 1. The molecule has 0 spiro atoms. The summed E-state index contributed by atoms with van der Waals surface area (Å²) in [6.45, 7) is 4.91. The Morgan fingerprint density at radius 2 is 0.644 bits per heavy atom. The monoisotopic (exact) mass is 1030 g/mol. The van der Waals surface area contributed by atoms with Gasteiger partial charge >= 0.3 is 5.97 Å². The molecule has 2 atom stereocenters. The summed E-state index contributed by atoms with van der Waals surface area (Å²) >= 11 is 0. The third-order valence-corrected chi connectivity index (χ3v) is 15.5. The second kappa shape index (κ2) is 62.9. The van der Waals surface area contributed by atoms with Crippen LogP contribution in [0.4, 0.5) is 0 Å². The third-order valence-electron chi connectivity index (χ3n) is 15.5. The van der Waals surface area contributed by atoms with Gasteiger partial charge in [0.05, 0.1) is 25.4 Å². The number of carbonyl (C=O) groups excluding carboxylic acids is 2. The SMILES string of the molecule is CCCCC/C=C\CCCCCCCC(=O)OCCCCCCCCCCCCCCCCCCCCCCCCCCCCCC(=O)NC(CO)C(O)/C=C/CCCCCCCCCCCCCCCCC. The topological polar surface area (TPSA) is 95.9 Å². The lowest BCUT2D eigenvalue weighted by atomic mass is 10.0. The number of ether oxygens (including phenoxy) is 1. The van der Waals surface area contributed by atoms with Crippen LogP contribution in [0.2, 0.25) is 0 Å². The molecule has 0 aromatic rings. The fourth-order valence-corrected chi connectivity index (χ4v) is 10.4. The highest BCUT2D eigenvalue weighted by molar-refractivity contribution is 5.76. The lowest BCUT2D eigenvalue weighted by molar-refractivity contribution is -0.143. The molecule has 432 valence electrons. The maximum atomic E-state index is 12.5. The van der Waals surface area contributed by atoms with E-state index in [1.54, 1.807) is 6.08 Å². The molecule has 0 aromatic heterocycles. The zero-order valence-corrected chi connectivity index (χ0v) is 49.4. The Morgan fingerprint density at radius 1 is 0.370 bits per heavy atom. The molecule has 3 N–H and O–H groups in total.